The first kappa shape index (κ1) is 33.7. The monoisotopic (exact) mass is 686 g/mol. The van der Waals surface area contributed by atoms with Gasteiger partial charge in [0.05, 0.1) is 24.2 Å². The Kier molecular flexibility index (Phi) is 8.47. The topological polar surface area (TPSA) is 193 Å². The van der Waals surface area contributed by atoms with Gasteiger partial charge in [-0.2, -0.15) is 0 Å². The molecule has 0 unspecified atom stereocenters. The summed E-state index contributed by atoms with van der Waals surface area (Å²) in [6.45, 7) is 0. The molecular formula is C38H42N2O10. The fourth-order valence-corrected chi connectivity index (χ4v) is 8.65. The lowest BCUT2D eigenvalue weighted by atomic mass is 9.80. The zero-order valence-corrected chi connectivity index (χ0v) is 27.9. The number of carboxylic acid groups (broad SMARTS) is 2. The van der Waals surface area contributed by atoms with Gasteiger partial charge in [-0.3, -0.25) is 28.8 Å². The second kappa shape index (κ2) is 12.5. The summed E-state index contributed by atoms with van der Waals surface area (Å²) in [7, 11) is 0. The SMILES string of the molecule is O=C(O)CCC(=O)C1=C(O)c2c(C3CC3)ccn2C2(CCCC2)C1=O.O=C(O)CCC(=O)C1=C(O)c2cc(C3CC3)cn2C2(CCCC2)C1=O. The minimum atomic E-state index is -1.09. The van der Waals surface area contributed by atoms with Crippen molar-refractivity contribution in [1.29, 1.82) is 0 Å². The van der Waals surface area contributed by atoms with E-state index in [0.29, 0.717) is 48.9 Å². The first-order valence-corrected chi connectivity index (χ1v) is 17.8. The molecule has 12 nitrogen and oxygen atoms in total. The minimum Gasteiger partial charge on any atom is -0.505 e. The van der Waals surface area contributed by atoms with Crippen LogP contribution in [-0.4, -0.2) is 64.6 Å². The summed E-state index contributed by atoms with van der Waals surface area (Å²) in [4.78, 5) is 73.0. The van der Waals surface area contributed by atoms with Crippen LogP contribution in [0.4, 0.5) is 0 Å². The summed E-state index contributed by atoms with van der Waals surface area (Å²) in [5, 5.41) is 39.1. The molecule has 2 spiro atoms. The Morgan fingerprint density at radius 3 is 1.64 bits per heavy atom. The van der Waals surface area contributed by atoms with Crippen molar-refractivity contribution in [3.63, 3.8) is 0 Å². The van der Waals surface area contributed by atoms with Gasteiger partial charge in [-0.1, -0.05) is 25.7 Å². The molecule has 2 aliphatic heterocycles. The number of rotatable bonds is 10. The fraction of sp³-hybridized carbons (Fsp3) is 0.526. The molecule has 50 heavy (non-hydrogen) atoms. The zero-order chi connectivity index (χ0) is 35.5. The van der Waals surface area contributed by atoms with Crippen molar-refractivity contribution in [3.05, 3.63) is 58.2 Å². The molecule has 4 saturated carbocycles. The van der Waals surface area contributed by atoms with E-state index in [9.17, 15) is 39.0 Å². The molecule has 0 radical (unpaired) electrons. The zero-order valence-electron chi connectivity index (χ0n) is 27.9. The van der Waals surface area contributed by atoms with Gasteiger partial charge in [0.1, 0.15) is 22.2 Å². The minimum absolute atomic E-state index is 0.184. The van der Waals surface area contributed by atoms with Gasteiger partial charge in [0, 0.05) is 25.2 Å². The first-order chi connectivity index (χ1) is 23.9. The van der Waals surface area contributed by atoms with Gasteiger partial charge in [0.15, 0.2) is 34.7 Å². The molecule has 6 aliphatic rings. The van der Waals surface area contributed by atoms with E-state index in [1.54, 1.807) is 0 Å². The summed E-state index contributed by atoms with van der Waals surface area (Å²) < 4.78 is 3.78. The van der Waals surface area contributed by atoms with Crippen molar-refractivity contribution in [2.24, 2.45) is 0 Å². The number of carbonyl (C=O) groups is 6. The molecule has 0 atom stereocenters. The Labute approximate surface area is 288 Å². The van der Waals surface area contributed by atoms with E-state index in [1.165, 1.54) is 0 Å². The highest BCUT2D eigenvalue weighted by Gasteiger charge is 2.53. The number of allylic oxidation sites excluding steroid dienone is 2. The largest absolute Gasteiger partial charge is 0.505 e. The van der Waals surface area contributed by atoms with Gasteiger partial charge < -0.3 is 29.6 Å². The van der Waals surface area contributed by atoms with Gasteiger partial charge in [-0.05, 0) is 86.5 Å². The van der Waals surface area contributed by atoms with Crippen LogP contribution < -0.4 is 0 Å². The van der Waals surface area contributed by atoms with Crippen LogP contribution in [0.5, 0.6) is 0 Å². The third kappa shape index (κ3) is 5.52. The van der Waals surface area contributed by atoms with Crippen molar-refractivity contribution in [2.45, 2.75) is 126 Å². The van der Waals surface area contributed by atoms with Crippen LogP contribution in [0.15, 0.2) is 35.7 Å². The predicted molar refractivity (Wildman–Crippen MR) is 179 cm³/mol. The Morgan fingerprint density at radius 2 is 1.16 bits per heavy atom. The van der Waals surface area contributed by atoms with Gasteiger partial charge in [0.25, 0.3) is 0 Å². The maximum atomic E-state index is 13.2. The molecule has 2 aromatic rings. The summed E-state index contributed by atoms with van der Waals surface area (Å²) in [5.41, 5.74) is 1.28. The van der Waals surface area contributed by atoms with Crippen molar-refractivity contribution in [2.75, 3.05) is 0 Å². The maximum absolute atomic E-state index is 13.2. The lowest BCUT2D eigenvalue weighted by molar-refractivity contribution is -0.139. The highest BCUT2D eigenvalue weighted by Crippen LogP contribution is 2.51. The van der Waals surface area contributed by atoms with E-state index in [1.807, 2.05) is 33.7 Å². The van der Waals surface area contributed by atoms with Crippen LogP contribution in [-0.2, 0) is 39.8 Å². The first-order valence-electron chi connectivity index (χ1n) is 17.8. The molecule has 4 heterocycles. The highest BCUT2D eigenvalue weighted by molar-refractivity contribution is 6.28. The Balaban J connectivity index is 0.000000157. The molecule has 0 aromatic carbocycles. The predicted octanol–water partition coefficient (Wildman–Crippen LogP) is 5.84. The molecule has 0 amide bonds. The number of hydrogen-bond acceptors (Lipinski definition) is 8. The van der Waals surface area contributed by atoms with Crippen LogP contribution in [0.1, 0.15) is 137 Å². The van der Waals surface area contributed by atoms with Crippen molar-refractivity contribution < 1.29 is 49.2 Å². The number of fused-ring (bicyclic) bond motifs is 4. The summed E-state index contributed by atoms with van der Waals surface area (Å²) in [6.07, 6.45) is 13.2. The van der Waals surface area contributed by atoms with Crippen LogP contribution in [0.3, 0.4) is 0 Å². The number of Topliss-reactive ketones (excluding diaryl/α,β-unsaturated/α-hetero) is 4. The molecule has 2 aromatic heterocycles. The molecule has 8 rings (SSSR count). The van der Waals surface area contributed by atoms with Crippen LogP contribution in [0.25, 0.3) is 11.5 Å². The molecular weight excluding hydrogens is 644 g/mol. The Morgan fingerprint density at radius 1 is 0.680 bits per heavy atom. The Hall–Kier alpha value is -4.74. The molecule has 12 heteroatoms. The van der Waals surface area contributed by atoms with Crippen LogP contribution >= 0.6 is 0 Å². The van der Waals surface area contributed by atoms with E-state index < -0.39 is 34.6 Å². The smallest absolute Gasteiger partial charge is 0.303 e. The summed E-state index contributed by atoms with van der Waals surface area (Å²) >= 11 is 0. The molecule has 0 bridgehead atoms. The number of aliphatic hydroxyl groups is 2. The summed E-state index contributed by atoms with van der Waals surface area (Å²) in [5.74, 6) is -3.70. The number of aliphatic carboxylic acids is 2. The Bertz CT molecular complexity index is 1870. The van der Waals surface area contributed by atoms with Gasteiger partial charge in [-0.15, -0.1) is 0 Å². The van der Waals surface area contributed by atoms with E-state index in [-0.39, 0.29) is 59.9 Å². The normalized spacial score (nSPS) is 21.7. The molecule has 264 valence electrons. The fourth-order valence-electron chi connectivity index (χ4n) is 8.65. The van der Waals surface area contributed by atoms with E-state index in [0.717, 1.165) is 62.5 Å². The average Bonchev–Trinajstić information content (AvgIpc) is 3.84. The highest BCUT2D eigenvalue weighted by atomic mass is 16.4. The number of hydrogen-bond donors (Lipinski definition) is 4. The quantitative estimate of drug-likeness (QED) is 0.221. The third-order valence-electron chi connectivity index (χ3n) is 11.5. The van der Waals surface area contributed by atoms with Crippen molar-refractivity contribution in [3.8, 4) is 0 Å². The number of nitrogens with zero attached hydrogens (tertiary/aromatic N) is 2. The van der Waals surface area contributed by atoms with Gasteiger partial charge in [-0.25, -0.2) is 0 Å². The molecule has 4 N–H and O–H groups in total. The molecule has 0 saturated heterocycles. The standard InChI is InChI=1S/2C19H21NO5/c21-13(5-6-14(22)23)15-17(24)16-12(11-3-4-11)7-10-20(16)19(18(15)25)8-1-2-9-19;21-14(5-6-15(22)23)16-17(24)13-9-12(11-3-4-11)10-20(13)19(18(16)25)7-1-2-8-19/h7,10-11,24H,1-6,8-9H2,(H,22,23);9-11,24H,1-8H2,(H,22,23). The average molecular weight is 687 g/mol. The number of aromatic nitrogens is 2. The van der Waals surface area contributed by atoms with Crippen molar-refractivity contribution >= 4 is 46.6 Å². The maximum Gasteiger partial charge on any atom is 0.303 e. The van der Waals surface area contributed by atoms with Crippen molar-refractivity contribution in [1.82, 2.24) is 9.13 Å². The van der Waals surface area contributed by atoms with Gasteiger partial charge >= 0.3 is 11.9 Å². The molecule has 4 fully saturated rings. The second-order valence-corrected chi connectivity index (χ2v) is 14.8. The number of ketones is 4. The van der Waals surface area contributed by atoms with E-state index in [4.69, 9.17) is 10.2 Å². The summed E-state index contributed by atoms with van der Waals surface area (Å²) in [6, 6.07) is 3.85. The second-order valence-electron chi connectivity index (χ2n) is 14.8. The number of carbonyl (C=O) groups excluding carboxylic acids is 4. The van der Waals surface area contributed by atoms with Crippen LogP contribution in [0.2, 0.25) is 0 Å². The van der Waals surface area contributed by atoms with E-state index >= 15 is 0 Å². The molecule has 4 aliphatic carbocycles. The lowest BCUT2D eigenvalue weighted by Crippen LogP contribution is -2.45. The van der Waals surface area contributed by atoms with E-state index in [2.05, 4.69) is 0 Å². The number of aliphatic hydroxyl groups excluding tert-OH is 2. The third-order valence-corrected chi connectivity index (χ3v) is 11.5. The lowest BCUT2D eigenvalue weighted by Gasteiger charge is -2.36. The van der Waals surface area contributed by atoms with Crippen LogP contribution in [0, 0.1) is 0 Å². The number of carboxylic acids is 2. The van der Waals surface area contributed by atoms with Gasteiger partial charge in [0.2, 0.25) is 0 Å².